The Hall–Kier alpha value is 0.0449. The van der Waals surface area contributed by atoms with Gasteiger partial charge in [-0.15, -0.1) is 0 Å². The predicted octanol–water partition coefficient (Wildman–Crippen LogP) is 1.22. The average molecular weight is 354 g/mol. The van der Waals surface area contributed by atoms with E-state index in [1.807, 2.05) is 0 Å². The topological polar surface area (TPSA) is 58.3 Å². The van der Waals surface area contributed by atoms with Crippen LogP contribution in [0.1, 0.15) is 0 Å². The fraction of sp³-hybridized carbons (Fsp3) is 0. The second-order valence-electron chi connectivity index (χ2n) is 2.88. The zero-order valence-electron chi connectivity index (χ0n) is 7.26. The van der Waals surface area contributed by atoms with E-state index in [0.717, 1.165) is 0 Å². The molecule has 2 aromatic rings. The summed E-state index contributed by atoms with van der Waals surface area (Å²) in [5, 5.41) is 19.5. The zero-order chi connectivity index (χ0) is 11.0. The lowest BCUT2D eigenvalue weighted by Crippen LogP contribution is -2.29. The summed E-state index contributed by atoms with van der Waals surface area (Å²) >= 11 is 7.89. The van der Waals surface area contributed by atoms with Crippen molar-refractivity contribution in [1.29, 1.82) is 0 Å². The smallest absolute Gasteiger partial charge is 0.423 e. The minimum Gasteiger partial charge on any atom is -0.423 e. The molecule has 2 rings (SSSR count). The van der Waals surface area contributed by atoms with Gasteiger partial charge in [-0.05, 0) is 6.07 Å². The summed E-state index contributed by atoms with van der Waals surface area (Å²) in [4.78, 5) is 4.14. The van der Waals surface area contributed by atoms with Crippen LogP contribution in [0.4, 0.5) is 0 Å². The quantitative estimate of drug-likeness (QED) is 0.629. The second-order valence-corrected chi connectivity index (χ2v) is 5.03. The molecule has 4 nitrogen and oxygen atoms in total. The number of halogens is 2. The van der Waals surface area contributed by atoms with Crippen LogP contribution in [0.3, 0.4) is 0 Å². The molecule has 0 saturated heterocycles. The third-order valence-corrected chi connectivity index (χ3v) is 3.87. The van der Waals surface area contributed by atoms with Crippen LogP contribution in [-0.2, 0) is 0 Å². The van der Waals surface area contributed by atoms with Crippen LogP contribution in [0.5, 0.6) is 0 Å². The maximum atomic E-state index is 9.18. The van der Waals surface area contributed by atoms with Gasteiger partial charge in [0.2, 0.25) is 0 Å². The van der Waals surface area contributed by atoms with Gasteiger partial charge in [-0.2, -0.15) is 0 Å². The third-order valence-electron chi connectivity index (χ3n) is 1.96. The van der Waals surface area contributed by atoms with Gasteiger partial charge in [-0.25, -0.2) is 4.98 Å². The molecule has 0 unspecified atom stereocenters. The van der Waals surface area contributed by atoms with Crippen molar-refractivity contribution >= 4 is 65.5 Å². The lowest BCUT2D eigenvalue weighted by atomic mass is 9.80. The largest absolute Gasteiger partial charge is 0.490 e. The van der Waals surface area contributed by atoms with Gasteiger partial charge in [-0.3, -0.25) is 3.97 Å². The second kappa shape index (κ2) is 4.50. The molecule has 78 valence electrons. The Bertz CT molecular complexity index is 507. The van der Waals surface area contributed by atoms with Crippen LogP contribution in [-0.4, -0.2) is 26.1 Å². The predicted molar refractivity (Wildman–Crippen MR) is 71.6 cm³/mol. The maximum absolute atomic E-state index is 9.18. The first kappa shape index (κ1) is 11.5. The number of rotatable bonds is 2. The molecule has 2 heterocycles. The number of fused-ring (bicyclic) bond motifs is 1. The van der Waals surface area contributed by atoms with Crippen molar-refractivity contribution in [3.05, 3.63) is 23.5 Å². The van der Waals surface area contributed by atoms with Gasteiger partial charge in [-0.1, -0.05) is 11.6 Å². The van der Waals surface area contributed by atoms with Gasteiger partial charge >= 0.3 is 7.12 Å². The molecule has 0 fully saturated rings. The number of aromatic nitrogens is 2. The summed E-state index contributed by atoms with van der Waals surface area (Å²) in [6, 6.07) is 1.67. The van der Waals surface area contributed by atoms with Crippen molar-refractivity contribution in [2.24, 2.45) is 0 Å². The molecule has 0 aromatic carbocycles. The Kier molecular flexibility index (Phi) is 3.46. The highest BCUT2D eigenvalue weighted by atomic mass is 127. The first-order valence-corrected chi connectivity index (χ1v) is 7.64. The first-order valence-electron chi connectivity index (χ1n) is 3.95. The summed E-state index contributed by atoms with van der Waals surface area (Å²) in [5.41, 5.74) is 1.08. The number of nitrogens with zero attached hydrogens (tertiary/aromatic N) is 2. The standard InChI is InChI=1S/C7H5BClIN2O2S/c9-4-1-5-6(8(13)14)3-12(15-10)7(5)11-2-4/h1-3,13-14H. The molecule has 2 N–H and O–H groups in total. The molecular formula is C7H5BClIN2O2S. The molecule has 0 aliphatic carbocycles. The molecular weight excluding hydrogens is 349 g/mol. The monoisotopic (exact) mass is 354 g/mol. The van der Waals surface area contributed by atoms with Crippen molar-refractivity contribution < 1.29 is 10.0 Å². The van der Waals surface area contributed by atoms with Gasteiger partial charge in [0.25, 0.3) is 0 Å². The van der Waals surface area contributed by atoms with Gasteiger partial charge in [0, 0.05) is 53.6 Å². The highest BCUT2D eigenvalue weighted by molar-refractivity contribution is 14.2. The van der Waals surface area contributed by atoms with E-state index in [1.54, 1.807) is 16.2 Å². The average Bonchev–Trinajstić information content (AvgIpc) is 2.55. The van der Waals surface area contributed by atoms with Crippen molar-refractivity contribution in [3.8, 4) is 0 Å². The number of hydrogen-bond donors (Lipinski definition) is 2. The van der Waals surface area contributed by atoms with Crippen LogP contribution >= 0.6 is 41.9 Å². The molecule has 0 atom stereocenters. The van der Waals surface area contributed by atoms with Crippen molar-refractivity contribution in [2.45, 2.75) is 0 Å². The van der Waals surface area contributed by atoms with Crippen LogP contribution in [0.15, 0.2) is 18.5 Å². The fourth-order valence-corrected chi connectivity index (χ4v) is 2.76. The molecule has 0 saturated carbocycles. The van der Waals surface area contributed by atoms with E-state index < -0.39 is 7.12 Å². The molecule has 0 aliphatic heterocycles. The van der Waals surface area contributed by atoms with Crippen LogP contribution in [0, 0.1) is 0 Å². The van der Waals surface area contributed by atoms with E-state index in [1.165, 1.54) is 15.3 Å². The van der Waals surface area contributed by atoms with Gasteiger partial charge in [0.1, 0.15) is 5.65 Å². The summed E-state index contributed by atoms with van der Waals surface area (Å²) in [7, 11) is -0.115. The van der Waals surface area contributed by atoms with Gasteiger partial charge in [0.05, 0.1) is 5.02 Å². The number of pyridine rings is 1. The molecule has 0 amide bonds. The summed E-state index contributed by atoms with van der Waals surface area (Å²) in [5.74, 6) is 0. The normalized spacial score (nSPS) is 10.9. The zero-order valence-corrected chi connectivity index (χ0v) is 11.0. The van der Waals surface area contributed by atoms with E-state index >= 15 is 0 Å². The lowest BCUT2D eigenvalue weighted by molar-refractivity contribution is 0.426. The van der Waals surface area contributed by atoms with E-state index in [4.69, 9.17) is 11.6 Å². The Labute approximate surface area is 108 Å². The molecule has 0 spiro atoms. The van der Waals surface area contributed by atoms with Crippen molar-refractivity contribution in [2.75, 3.05) is 0 Å². The highest BCUT2D eigenvalue weighted by Crippen LogP contribution is 2.23. The Morgan fingerprint density at radius 1 is 1.53 bits per heavy atom. The third kappa shape index (κ3) is 2.11. The van der Waals surface area contributed by atoms with Crippen molar-refractivity contribution in [3.63, 3.8) is 0 Å². The van der Waals surface area contributed by atoms with Crippen LogP contribution < -0.4 is 5.46 Å². The minimum absolute atomic E-state index is 0.407. The van der Waals surface area contributed by atoms with Crippen LogP contribution in [0.2, 0.25) is 5.02 Å². The van der Waals surface area contributed by atoms with E-state index in [-0.39, 0.29) is 0 Å². The first-order chi connectivity index (χ1) is 7.13. The van der Waals surface area contributed by atoms with Crippen LogP contribution in [0.25, 0.3) is 11.0 Å². The van der Waals surface area contributed by atoms with E-state index in [0.29, 0.717) is 21.5 Å². The molecule has 0 aliphatic rings. The Morgan fingerprint density at radius 2 is 2.27 bits per heavy atom. The molecule has 2 aromatic heterocycles. The highest BCUT2D eigenvalue weighted by Gasteiger charge is 2.19. The van der Waals surface area contributed by atoms with Gasteiger partial charge in [0.15, 0.2) is 0 Å². The maximum Gasteiger partial charge on any atom is 0.490 e. The van der Waals surface area contributed by atoms with Crippen molar-refractivity contribution in [1.82, 2.24) is 8.96 Å². The molecule has 15 heavy (non-hydrogen) atoms. The molecule has 0 radical (unpaired) electrons. The molecule has 8 heteroatoms. The summed E-state index contributed by atoms with van der Waals surface area (Å²) < 4.78 is 1.75. The summed E-state index contributed by atoms with van der Waals surface area (Å²) in [6.07, 6.45) is 3.16. The molecule has 0 bridgehead atoms. The summed E-state index contributed by atoms with van der Waals surface area (Å²) in [6.45, 7) is 0. The van der Waals surface area contributed by atoms with E-state index in [9.17, 15) is 10.0 Å². The number of hydrogen-bond acceptors (Lipinski definition) is 4. The Balaban J connectivity index is 2.76. The Morgan fingerprint density at radius 3 is 2.87 bits per heavy atom. The lowest BCUT2D eigenvalue weighted by Gasteiger charge is -1.96. The van der Waals surface area contributed by atoms with E-state index in [2.05, 4.69) is 26.2 Å². The van der Waals surface area contributed by atoms with Gasteiger partial charge < -0.3 is 10.0 Å². The minimum atomic E-state index is -1.52. The fourth-order valence-electron chi connectivity index (χ4n) is 1.34. The SMILES string of the molecule is OB(O)c1cn(SI)c2ncc(Cl)cc12.